The van der Waals surface area contributed by atoms with E-state index >= 15 is 0 Å². The molecule has 0 aliphatic carbocycles. The fourth-order valence-electron chi connectivity index (χ4n) is 2.85. The van der Waals surface area contributed by atoms with Gasteiger partial charge in [0.05, 0.1) is 33.0 Å². The summed E-state index contributed by atoms with van der Waals surface area (Å²) < 4.78 is 16.6. The predicted molar refractivity (Wildman–Crippen MR) is 125 cm³/mol. The highest BCUT2D eigenvalue weighted by Gasteiger charge is 2.11. The quantitative estimate of drug-likeness (QED) is 0.187. The van der Waals surface area contributed by atoms with Crippen LogP contribution >= 0.6 is 24.0 Å². The van der Waals surface area contributed by atoms with Gasteiger partial charge in [-0.25, -0.2) is 0 Å². The van der Waals surface area contributed by atoms with Crippen molar-refractivity contribution in [2.75, 3.05) is 52.7 Å². The summed E-state index contributed by atoms with van der Waals surface area (Å²) in [6, 6.07) is 6.48. The molecule has 0 unspecified atom stereocenters. The SMILES string of the molecule is CCCCOCCOCCN=C(NCC)NCCc1ccc2c(c1)CCO2.I. The van der Waals surface area contributed by atoms with Crippen LogP contribution in [-0.2, 0) is 22.3 Å². The van der Waals surface area contributed by atoms with Crippen LogP contribution in [0.2, 0.25) is 0 Å². The van der Waals surface area contributed by atoms with Crippen LogP contribution in [0.5, 0.6) is 5.75 Å². The summed E-state index contributed by atoms with van der Waals surface area (Å²) in [4.78, 5) is 4.56. The number of rotatable bonds is 13. The minimum atomic E-state index is 0. The van der Waals surface area contributed by atoms with E-state index < -0.39 is 0 Å². The highest BCUT2D eigenvalue weighted by Crippen LogP contribution is 2.25. The minimum absolute atomic E-state index is 0. The minimum Gasteiger partial charge on any atom is -0.493 e. The molecule has 2 rings (SSSR count). The fourth-order valence-corrected chi connectivity index (χ4v) is 2.85. The molecule has 1 aliphatic heterocycles. The molecule has 1 heterocycles. The van der Waals surface area contributed by atoms with Gasteiger partial charge in [-0.3, -0.25) is 4.99 Å². The molecule has 0 aromatic heterocycles. The molecule has 0 spiro atoms. The maximum Gasteiger partial charge on any atom is 0.191 e. The molecular formula is C21H36IN3O3. The van der Waals surface area contributed by atoms with Gasteiger partial charge >= 0.3 is 0 Å². The Balaban J connectivity index is 0.00000392. The molecule has 160 valence electrons. The summed E-state index contributed by atoms with van der Waals surface area (Å²) in [5.41, 5.74) is 2.65. The molecule has 28 heavy (non-hydrogen) atoms. The molecule has 0 amide bonds. The maximum atomic E-state index is 5.56. The first-order chi connectivity index (χ1) is 13.3. The second-order valence-corrected chi connectivity index (χ2v) is 6.56. The van der Waals surface area contributed by atoms with E-state index in [4.69, 9.17) is 14.2 Å². The number of aliphatic imine (C=N–C) groups is 1. The van der Waals surface area contributed by atoms with Crippen molar-refractivity contribution < 1.29 is 14.2 Å². The molecule has 7 heteroatoms. The standard InChI is InChI=1S/C21H35N3O3.HI/c1-3-5-12-25-15-16-26-14-11-24-21(22-4-2)23-10-8-18-6-7-20-19(17-18)9-13-27-20;/h6-7,17H,3-5,8-16H2,1-2H3,(H2,22,23,24);1H. The predicted octanol–water partition coefficient (Wildman–Crippen LogP) is 3.17. The second-order valence-electron chi connectivity index (χ2n) is 6.56. The smallest absolute Gasteiger partial charge is 0.191 e. The van der Waals surface area contributed by atoms with Crippen molar-refractivity contribution in [3.63, 3.8) is 0 Å². The van der Waals surface area contributed by atoms with Crippen molar-refractivity contribution in [2.45, 2.75) is 39.5 Å². The van der Waals surface area contributed by atoms with Crippen molar-refractivity contribution in [1.82, 2.24) is 10.6 Å². The van der Waals surface area contributed by atoms with Gasteiger partial charge in [-0.2, -0.15) is 0 Å². The molecule has 1 aromatic carbocycles. The number of unbranched alkanes of at least 4 members (excludes halogenated alkanes) is 1. The van der Waals surface area contributed by atoms with Gasteiger partial charge in [-0.1, -0.05) is 25.5 Å². The largest absolute Gasteiger partial charge is 0.493 e. The molecular weight excluding hydrogens is 469 g/mol. The molecule has 0 fully saturated rings. The van der Waals surface area contributed by atoms with Gasteiger partial charge in [-0.15, -0.1) is 24.0 Å². The fraction of sp³-hybridized carbons (Fsp3) is 0.667. The molecule has 0 atom stereocenters. The maximum absolute atomic E-state index is 5.56. The highest BCUT2D eigenvalue weighted by atomic mass is 127. The van der Waals surface area contributed by atoms with Crippen molar-refractivity contribution in [2.24, 2.45) is 4.99 Å². The van der Waals surface area contributed by atoms with Crippen LogP contribution in [0, 0.1) is 0 Å². The van der Waals surface area contributed by atoms with Crippen LogP contribution in [0.25, 0.3) is 0 Å². The Morgan fingerprint density at radius 3 is 2.71 bits per heavy atom. The molecule has 0 saturated carbocycles. The van der Waals surface area contributed by atoms with E-state index in [9.17, 15) is 0 Å². The van der Waals surface area contributed by atoms with E-state index in [-0.39, 0.29) is 24.0 Å². The zero-order valence-corrected chi connectivity index (χ0v) is 19.6. The first-order valence-electron chi connectivity index (χ1n) is 10.3. The van der Waals surface area contributed by atoms with Crippen LogP contribution in [0.15, 0.2) is 23.2 Å². The number of ether oxygens (including phenoxy) is 3. The topological polar surface area (TPSA) is 64.1 Å². The third-order valence-corrected chi connectivity index (χ3v) is 4.32. The van der Waals surface area contributed by atoms with E-state index in [1.165, 1.54) is 11.1 Å². The Morgan fingerprint density at radius 2 is 1.93 bits per heavy atom. The number of nitrogens with zero attached hydrogens (tertiary/aromatic N) is 1. The lowest BCUT2D eigenvalue weighted by molar-refractivity contribution is 0.0497. The van der Waals surface area contributed by atoms with E-state index in [0.717, 1.165) is 63.7 Å². The number of fused-ring (bicyclic) bond motifs is 1. The van der Waals surface area contributed by atoms with Crippen LogP contribution < -0.4 is 15.4 Å². The average Bonchev–Trinajstić information content (AvgIpc) is 3.14. The molecule has 2 N–H and O–H groups in total. The molecule has 6 nitrogen and oxygen atoms in total. The number of hydrogen-bond acceptors (Lipinski definition) is 4. The van der Waals surface area contributed by atoms with Gasteiger partial charge in [0.25, 0.3) is 0 Å². The third-order valence-electron chi connectivity index (χ3n) is 4.32. The Labute approximate surface area is 186 Å². The Morgan fingerprint density at radius 1 is 1.11 bits per heavy atom. The van der Waals surface area contributed by atoms with Gasteiger partial charge in [0.15, 0.2) is 5.96 Å². The van der Waals surface area contributed by atoms with Crippen LogP contribution in [-0.4, -0.2) is 58.6 Å². The normalized spacial score (nSPS) is 12.9. The van der Waals surface area contributed by atoms with E-state index in [1.807, 2.05) is 0 Å². The van der Waals surface area contributed by atoms with Crippen molar-refractivity contribution >= 4 is 29.9 Å². The third kappa shape index (κ3) is 9.93. The van der Waals surface area contributed by atoms with Crippen molar-refractivity contribution in [3.8, 4) is 5.75 Å². The first kappa shape index (κ1) is 25.0. The molecule has 1 aliphatic rings. The lowest BCUT2D eigenvalue weighted by atomic mass is 10.1. The summed E-state index contributed by atoms with van der Waals surface area (Å²) in [6.45, 7) is 10.1. The molecule has 0 saturated heterocycles. The molecule has 0 radical (unpaired) electrons. The van der Waals surface area contributed by atoms with Crippen LogP contribution in [0.4, 0.5) is 0 Å². The van der Waals surface area contributed by atoms with E-state index in [2.05, 4.69) is 47.7 Å². The highest BCUT2D eigenvalue weighted by molar-refractivity contribution is 14.0. The van der Waals surface area contributed by atoms with Crippen LogP contribution in [0.1, 0.15) is 37.8 Å². The first-order valence-corrected chi connectivity index (χ1v) is 10.3. The second kappa shape index (κ2) is 15.8. The van der Waals surface area contributed by atoms with Gasteiger partial charge in [0, 0.05) is 26.1 Å². The van der Waals surface area contributed by atoms with Crippen LogP contribution in [0.3, 0.4) is 0 Å². The van der Waals surface area contributed by atoms with E-state index in [1.54, 1.807) is 0 Å². The van der Waals surface area contributed by atoms with Crippen molar-refractivity contribution in [3.05, 3.63) is 29.3 Å². The number of nitrogens with one attached hydrogen (secondary N) is 2. The summed E-state index contributed by atoms with van der Waals surface area (Å²) >= 11 is 0. The summed E-state index contributed by atoms with van der Waals surface area (Å²) in [5.74, 6) is 1.88. The Kier molecular flexibility index (Phi) is 14.1. The lowest BCUT2D eigenvalue weighted by Crippen LogP contribution is -2.38. The summed E-state index contributed by atoms with van der Waals surface area (Å²) in [5, 5.41) is 6.66. The Bertz CT molecular complexity index is 570. The van der Waals surface area contributed by atoms with Gasteiger partial charge in [-0.05, 0) is 37.0 Å². The number of guanidine groups is 1. The monoisotopic (exact) mass is 505 g/mol. The zero-order valence-electron chi connectivity index (χ0n) is 17.3. The molecule has 1 aromatic rings. The number of hydrogen-bond donors (Lipinski definition) is 2. The van der Waals surface area contributed by atoms with E-state index in [0.29, 0.717) is 26.4 Å². The summed E-state index contributed by atoms with van der Waals surface area (Å²) in [6.07, 6.45) is 4.26. The zero-order chi connectivity index (χ0) is 19.2. The number of benzene rings is 1. The van der Waals surface area contributed by atoms with Gasteiger partial charge < -0.3 is 24.8 Å². The summed E-state index contributed by atoms with van der Waals surface area (Å²) in [7, 11) is 0. The van der Waals surface area contributed by atoms with Gasteiger partial charge in [0.1, 0.15) is 5.75 Å². The van der Waals surface area contributed by atoms with Gasteiger partial charge in [0.2, 0.25) is 0 Å². The lowest BCUT2D eigenvalue weighted by Gasteiger charge is -2.12. The Hall–Kier alpha value is -1.06. The van der Waals surface area contributed by atoms with Crippen molar-refractivity contribution in [1.29, 1.82) is 0 Å². The average molecular weight is 505 g/mol. The molecule has 0 bridgehead atoms. The number of halogens is 1.